The number of benzene rings is 2. The number of carbonyl (C=O) groups excluding carboxylic acids is 2. The van der Waals surface area contributed by atoms with Gasteiger partial charge in [-0.2, -0.15) is 0 Å². The summed E-state index contributed by atoms with van der Waals surface area (Å²) in [5, 5.41) is 9.58. The van der Waals surface area contributed by atoms with Crippen molar-refractivity contribution >= 4 is 11.9 Å². The number of hydrogen-bond acceptors (Lipinski definition) is 5. The Balaban J connectivity index is 1.48. The third-order valence-corrected chi connectivity index (χ3v) is 8.83. The third-order valence-electron chi connectivity index (χ3n) is 8.83. The Morgan fingerprint density at radius 2 is 1.44 bits per heavy atom. The first-order chi connectivity index (χ1) is 20.7. The lowest BCUT2D eigenvalue weighted by molar-refractivity contribution is -0.144. The highest BCUT2D eigenvalue weighted by Gasteiger charge is 2.22. The fourth-order valence-corrected chi connectivity index (χ4v) is 5.86. The number of rotatable bonds is 17. The summed E-state index contributed by atoms with van der Waals surface area (Å²) < 4.78 is 10.7. The van der Waals surface area contributed by atoms with Gasteiger partial charge in [0.2, 0.25) is 0 Å². The van der Waals surface area contributed by atoms with Crippen LogP contribution in [0, 0.1) is 11.8 Å². The maximum absolute atomic E-state index is 12.1. The standard InChI is InChI=1S/C38H52O5/c1-6-7-8-10-30-13-17-33(18-14-30)35-21-23-36(24-22-35)34-19-15-31(16-20-34)11-9-12-32(25-42-37(40)27(2)3)26-43-38(41)28(4)29(5)39/h15-16,19-24,29-30,32-33,39H,2,4,6-14,17-18,25-26H2,1,3,5H3. The van der Waals surface area contributed by atoms with Crippen LogP contribution >= 0.6 is 0 Å². The molecule has 2 unspecified atom stereocenters. The summed E-state index contributed by atoms with van der Waals surface area (Å²) >= 11 is 0. The van der Waals surface area contributed by atoms with Crippen molar-refractivity contribution in [3.05, 3.63) is 84.0 Å². The van der Waals surface area contributed by atoms with E-state index in [1.807, 2.05) is 0 Å². The molecule has 5 heteroatoms. The van der Waals surface area contributed by atoms with Gasteiger partial charge < -0.3 is 14.6 Å². The van der Waals surface area contributed by atoms with E-state index in [0.717, 1.165) is 18.8 Å². The molecule has 0 saturated heterocycles. The van der Waals surface area contributed by atoms with Crippen molar-refractivity contribution in [2.45, 2.75) is 103 Å². The van der Waals surface area contributed by atoms with Gasteiger partial charge >= 0.3 is 11.9 Å². The first-order valence-electron chi connectivity index (χ1n) is 16.2. The van der Waals surface area contributed by atoms with Crippen LogP contribution < -0.4 is 0 Å². The maximum Gasteiger partial charge on any atom is 0.336 e. The molecule has 0 aromatic heterocycles. The molecule has 0 spiro atoms. The second kappa shape index (κ2) is 17.8. The highest BCUT2D eigenvalue weighted by molar-refractivity contribution is 5.88. The number of aliphatic hydroxyl groups excluding tert-OH is 1. The SMILES string of the molecule is C=C(C)C(=O)OCC(CCCc1ccc(-c2ccc(C3CCC(CCCCC)CC3)cc2)cc1)COC(=O)C(=C)C(C)O. The summed E-state index contributed by atoms with van der Waals surface area (Å²) in [5.41, 5.74) is 5.50. The molecule has 1 saturated carbocycles. The quantitative estimate of drug-likeness (QED) is 0.114. The highest BCUT2D eigenvalue weighted by atomic mass is 16.5. The van der Waals surface area contributed by atoms with Crippen LogP contribution in [0.5, 0.6) is 0 Å². The van der Waals surface area contributed by atoms with Gasteiger partial charge in [0.1, 0.15) is 0 Å². The van der Waals surface area contributed by atoms with Gasteiger partial charge in [0, 0.05) is 11.5 Å². The van der Waals surface area contributed by atoms with E-state index in [9.17, 15) is 14.7 Å². The van der Waals surface area contributed by atoms with E-state index in [4.69, 9.17) is 9.47 Å². The van der Waals surface area contributed by atoms with E-state index < -0.39 is 18.0 Å². The van der Waals surface area contributed by atoms with Gasteiger partial charge in [0.15, 0.2) is 0 Å². The molecule has 2 aromatic carbocycles. The minimum atomic E-state index is -0.974. The van der Waals surface area contributed by atoms with Crippen molar-refractivity contribution < 1.29 is 24.2 Å². The zero-order valence-electron chi connectivity index (χ0n) is 26.6. The average molecular weight is 589 g/mol. The van der Waals surface area contributed by atoms with Crippen molar-refractivity contribution in [1.82, 2.24) is 0 Å². The van der Waals surface area contributed by atoms with Crippen LogP contribution in [0.3, 0.4) is 0 Å². The second-order valence-corrected chi connectivity index (χ2v) is 12.5. The molecular weight excluding hydrogens is 536 g/mol. The molecule has 1 aliphatic rings. The Morgan fingerprint density at radius 3 is 2.00 bits per heavy atom. The van der Waals surface area contributed by atoms with Crippen LogP contribution in [-0.2, 0) is 25.5 Å². The van der Waals surface area contributed by atoms with Gasteiger partial charge in [-0.15, -0.1) is 0 Å². The van der Waals surface area contributed by atoms with Crippen molar-refractivity contribution in [2.24, 2.45) is 11.8 Å². The molecule has 234 valence electrons. The number of carbonyl (C=O) groups is 2. The van der Waals surface area contributed by atoms with Crippen LogP contribution in [0.1, 0.15) is 102 Å². The topological polar surface area (TPSA) is 72.8 Å². The fourth-order valence-electron chi connectivity index (χ4n) is 5.86. The lowest BCUT2D eigenvalue weighted by Crippen LogP contribution is -2.24. The van der Waals surface area contributed by atoms with Gasteiger partial charge in [-0.1, -0.05) is 94.3 Å². The fraction of sp³-hybridized carbons (Fsp3) is 0.526. The van der Waals surface area contributed by atoms with E-state index in [1.165, 1.54) is 80.5 Å². The van der Waals surface area contributed by atoms with Crippen molar-refractivity contribution in [3.8, 4) is 11.1 Å². The lowest BCUT2D eigenvalue weighted by atomic mass is 9.77. The summed E-state index contributed by atoms with van der Waals surface area (Å²) in [4.78, 5) is 24.0. The van der Waals surface area contributed by atoms with Gasteiger partial charge in [0.05, 0.1) is 24.9 Å². The minimum Gasteiger partial charge on any atom is -0.462 e. The van der Waals surface area contributed by atoms with Crippen molar-refractivity contribution in [2.75, 3.05) is 13.2 Å². The minimum absolute atomic E-state index is 0.00713. The molecule has 5 nitrogen and oxygen atoms in total. The Bertz CT molecular complexity index is 1170. The number of unbranched alkanes of at least 4 members (excludes halogenated alkanes) is 2. The zero-order chi connectivity index (χ0) is 31.2. The second-order valence-electron chi connectivity index (χ2n) is 12.5. The molecule has 2 atom stereocenters. The predicted octanol–water partition coefficient (Wildman–Crippen LogP) is 8.75. The Kier molecular flexibility index (Phi) is 14.2. The molecule has 1 N–H and O–H groups in total. The van der Waals surface area contributed by atoms with Gasteiger partial charge in [0.25, 0.3) is 0 Å². The Hall–Kier alpha value is -3.18. The van der Waals surface area contributed by atoms with Gasteiger partial charge in [-0.05, 0) is 92.9 Å². The first-order valence-corrected chi connectivity index (χ1v) is 16.2. The van der Waals surface area contributed by atoms with E-state index in [-0.39, 0.29) is 24.7 Å². The molecule has 0 aliphatic heterocycles. The lowest BCUT2D eigenvalue weighted by Gasteiger charge is -2.29. The Labute approximate surface area is 259 Å². The summed E-state index contributed by atoms with van der Waals surface area (Å²) in [5.74, 6) is 0.374. The van der Waals surface area contributed by atoms with Crippen LogP contribution in [0.25, 0.3) is 11.1 Å². The third kappa shape index (κ3) is 11.4. The van der Waals surface area contributed by atoms with E-state index >= 15 is 0 Å². The monoisotopic (exact) mass is 588 g/mol. The van der Waals surface area contributed by atoms with Crippen LogP contribution in [-0.4, -0.2) is 36.4 Å². The number of ether oxygens (including phenoxy) is 2. The number of esters is 2. The molecule has 1 aliphatic carbocycles. The van der Waals surface area contributed by atoms with E-state index in [1.54, 1.807) is 6.92 Å². The summed E-state index contributed by atoms with van der Waals surface area (Å²) in [6.45, 7) is 12.8. The summed E-state index contributed by atoms with van der Waals surface area (Å²) in [6.07, 6.45) is 12.3. The van der Waals surface area contributed by atoms with Crippen molar-refractivity contribution in [3.63, 3.8) is 0 Å². The van der Waals surface area contributed by atoms with Crippen molar-refractivity contribution in [1.29, 1.82) is 0 Å². The average Bonchev–Trinajstić information content (AvgIpc) is 3.02. The molecule has 2 aromatic rings. The normalized spacial score (nSPS) is 18.0. The number of aliphatic hydroxyl groups is 1. The van der Waals surface area contributed by atoms with Gasteiger partial charge in [-0.25, -0.2) is 9.59 Å². The Morgan fingerprint density at radius 1 is 0.860 bits per heavy atom. The molecule has 0 bridgehead atoms. The molecule has 0 heterocycles. The van der Waals surface area contributed by atoms with E-state index in [0.29, 0.717) is 17.9 Å². The summed E-state index contributed by atoms with van der Waals surface area (Å²) in [7, 11) is 0. The number of aryl methyl sites for hydroxylation is 1. The highest BCUT2D eigenvalue weighted by Crippen LogP contribution is 2.38. The number of hydrogen-bond donors (Lipinski definition) is 1. The van der Waals surface area contributed by atoms with Crippen LogP contribution in [0.4, 0.5) is 0 Å². The molecular formula is C38H52O5. The zero-order valence-corrected chi connectivity index (χ0v) is 26.6. The van der Waals surface area contributed by atoms with Gasteiger partial charge in [-0.3, -0.25) is 0 Å². The van der Waals surface area contributed by atoms with E-state index in [2.05, 4.69) is 68.6 Å². The molecule has 3 rings (SSSR count). The first kappa shape index (κ1) is 34.3. The maximum atomic E-state index is 12.1. The summed E-state index contributed by atoms with van der Waals surface area (Å²) in [6, 6.07) is 17.9. The molecule has 0 amide bonds. The van der Waals surface area contributed by atoms with Crippen LogP contribution in [0.2, 0.25) is 0 Å². The molecule has 1 fully saturated rings. The smallest absolute Gasteiger partial charge is 0.336 e. The predicted molar refractivity (Wildman–Crippen MR) is 175 cm³/mol. The largest absolute Gasteiger partial charge is 0.462 e. The van der Waals surface area contributed by atoms with Crippen LogP contribution in [0.15, 0.2) is 72.8 Å². The molecule has 43 heavy (non-hydrogen) atoms. The molecule has 0 radical (unpaired) electrons.